The molecule has 0 saturated carbocycles. The molecule has 0 N–H and O–H groups in total. The largest absolute Gasteiger partial charge is 0.261 e. The summed E-state index contributed by atoms with van der Waals surface area (Å²) in [5, 5.41) is 0. The molecule has 2 aromatic heterocycles. The van der Waals surface area contributed by atoms with Crippen LogP contribution in [0.3, 0.4) is 0 Å². The number of pyridine rings is 2. The van der Waals surface area contributed by atoms with Crippen molar-refractivity contribution in [1.82, 2.24) is 9.97 Å². The molecule has 3 rings (SSSR count). The van der Waals surface area contributed by atoms with Crippen LogP contribution in [0.4, 0.5) is 0 Å². The summed E-state index contributed by atoms with van der Waals surface area (Å²) < 4.78 is 0. The van der Waals surface area contributed by atoms with Gasteiger partial charge in [-0.15, -0.1) is 0 Å². The Bertz CT molecular complexity index is 705. The number of benzene rings is 1. The van der Waals surface area contributed by atoms with Crippen LogP contribution < -0.4 is 0 Å². The molecular weight excluding hydrogens is 244 g/mol. The zero-order valence-corrected chi connectivity index (χ0v) is 11.5. The molecule has 2 nitrogen and oxygen atoms in total. The summed E-state index contributed by atoms with van der Waals surface area (Å²) in [5.74, 6) is 0. The van der Waals surface area contributed by atoms with Crippen molar-refractivity contribution in [3.8, 4) is 22.4 Å². The van der Waals surface area contributed by atoms with Crippen molar-refractivity contribution in [1.29, 1.82) is 0 Å². The van der Waals surface area contributed by atoms with Gasteiger partial charge in [-0.3, -0.25) is 9.97 Å². The Balaban J connectivity index is 2.03. The van der Waals surface area contributed by atoms with Crippen LogP contribution >= 0.6 is 0 Å². The van der Waals surface area contributed by atoms with E-state index in [1.54, 1.807) is 0 Å². The van der Waals surface area contributed by atoms with E-state index >= 15 is 0 Å². The molecule has 98 valence electrons. The van der Waals surface area contributed by atoms with Gasteiger partial charge in [0.2, 0.25) is 0 Å². The average molecular weight is 260 g/mol. The molecule has 0 atom stereocenters. The van der Waals surface area contributed by atoms with Gasteiger partial charge in [0.05, 0.1) is 5.69 Å². The minimum atomic E-state index is 0.937. The molecule has 0 aliphatic carbocycles. The fraction of sp³-hybridized carbons (Fsp3) is 0.111. The molecule has 2 heterocycles. The Morgan fingerprint density at radius 3 is 2.30 bits per heavy atom. The maximum absolute atomic E-state index is 4.48. The molecule has 0 unspecified atom stereocenters. The molecular formula is C18H16N2. The van der Waals surface area contributed by atoms with Gasteiger partial charge in [-0.1, -0.05) is 37.3 Å². The molecule has 1 aromatic carbocycles. The summed E-state index contributed by atoms with van der Waals surface area (Å²) in [5.41, 5.74) is 5.60. The first-order valence-corrected chi connectivity index (χ1v) is 6.83. The third kappa shape index (κ3) is 2.59. The van der Waals surface area contributed by atoms with E-state index in [4.69, 9.17) is 0 Å². The minimum Gasteiger partial charge on any atom is -0.261 e. The highest BCUT2D eigenvalue weighted by molar-refractivity contribution is 5.70. The first-order chi connectivity index (χ1) is 9.86. The van der Waals surface area contributed by atoms with Crippen LogP contribution in [0.25, 0.3) is 22.4 Å². The van der Waals surface area contributed by atoms with Gasteiger partial charge in [0, 0.05) is 23.7 Å². The standard InChI is InChI=1S/C18H16N2/c1-2-17-12-16(9-10-19-17)18-13-15(8-11-20-18)14-6-4-3-5-7-14/h3-13H,2H2,1H3. The molecule has 0 aliphatic heterocycles. The molecule has 0 aliphatic rings. The van der Waals surface area contributed by atoms with E-state index in [1.165, 1.54) is 11.1 Å². The summed E-state index contributed by atoms with van der Waals surface area (Å²) in [6, 6.07) is 18.7. The van der Waals surface area contributed by atoms with E-state index < -0.39 is 0 Å². The lowest BCUT2D eigenvalue weighted by Gasteiger charge is -2.06. The Labute approximate surface area is 119 Å². The predicted molar refractivity (Wildman–Crippen MR) is 82.3 cm³/mol. The maximum Gasteiger partial charge on any atom is 0.0709 e. The number of rotatable bonds is 3. The van der Waals surface area contributed by atoms with Gasteiger partial charge < -0.3 is 0 Å². The Kier molecular flexibility index (Phi) is 3.55. The SMILES string of the molecule is CCc1cc(-c2cc(-c3ccccc3)ccn2)ccn1. The fourth-order valence-corrected chi connectivity index (χ4v) is 2.23. The highest BCUT2D eigenvalue weighted by Gasteiger charge is 2.03. The maximum atomic E-state index is 4.48. The summed E-state index contributed by atoms with van der Waals surface area (Å²) in [4.78, 5) is 8.82. The first-order valence-electron chi connectivity index (χ1n) is 6.83. The third-order valence-corrected chi connectivity index (χ3v) is 3.34. The summed E-state index contributed by atoms with van der Waals surface area (Å²) in [6.45, 7) is 2.11. The van der Waals surface area contributed by atoms with E-state index in [9.17, 15) is 0 Å². The van der Waals surface area contributed by atoms with Crippen molar-refractivity contribution < 1.29 is 0 Å². The van der Waals surface area contributed by atoms with Crippen LogP contribution in [0.2, 0.25) is 0 Å². The van der Waals surface area contributed by atoms with Crippen LogP contribution in [0, 0.1) is 0 Å². The number of hydrogen-bond acceptors (Lipinski definition) is 2. The third-order valence-electron chi connectivity index (χ3n) is 3.34. The van der Waals surface area contributed by atoms with E-state index in [2.05, 4.69) is 53.3 Å². The summed E-state index contributed by atoms with van der Waals surface area (Å²) in [6.07, 6.45) is 4.65. The second-order valence-electron chi connectivity index (χ2n) is 4.69. The van der Waals surface area contributed by atoms with Crippen LogP contribution in [-0.4, -0.2) is 9.97 Å². The lowest BCUT2D eigenvalue weighted by molar-refractivity contribution is 1.04. The number of aromatic nitrogens is 2. The monoisotopic (exact) mass is 260 g/mol. The quantitative estimate of drug-likeness (QED) is 0.698. The van der Waals surface area contributed by atoms with Crippen molar-refractivity contribution >= 4 is 0 Å². The topological polar surface area (TPSA) is 25.8 Å². The second kappa shape index (κ2) is 5.66. The smallest absolute Gasteiger partial charge is 0.0709 e. The Morgan fingerprint density at radius 1 is 0.750 bits per heavy atom. The van der Waals surface area contributed by atoms with Crippen molar-refractivity contribution in [3.63, 3.8) is 0 Å². The van der Waals surface area contributed by atoms with Gasteiger partial charge in [0.25, 0.3) is 0 Å². The Morgan fingerprint density at radius 2 is 1.50 bits per heavy atom. The molecule has 0 radical (unpaired) electrons. The van der Waals surface area contributed by atoms with Crippen LogP contribution in [0.1, 0.15) is 12.6 Å². The van der Waals surface area contributed by atoms with Crippen molar-refractivity contribution in [2.45, 2.75) is 13.3 Å². The van der Waals surface area contributed by atoms with Crippen LogP contribution in [-0.2, 0) is 6.42 Å². The van der Waals surface area contributed by atoms with Gasteiger partial charge in [0.15, 0.2) is 0 Å². The van der Waals surface area contributed by atoms with Crippen LogP contribution in [0.5, 0.6) is 0 Å². The molecule has 0 bridgehead atoms. The average Bonchev–Trinajstić information content (AvgIpc) is 2.56. The van der Waals surface area contributed by atoms with Crippen molar-refractivity contribution in [3.05, 3.63) is 72.7 Å². The highest BCUT2D eigenvalue weighted by atomic mass is 14.7. The van der Waals surface area contributed by atoms with Gasteiger partial charge in [-0.05, 0) is 41.8 Å². The lowest BCUT2D eigenvalue weighted by Crippen LogP contribution is -1.90. The van der Waals surface area contributed by atoms with E-state index in [1.807, 2.05) is 30.6 Å². The van der Waals surface area contributed by atoms with Gasteiger partial charge in [-0.2, -0.15) is 0 Å². The summed E-state index contributed by atoms with van der Waals surface area (Å²) in [7, 11) is 0. The van der Waals surface area contributed by atoms with Gasteiger partial charge in [-0.25, -0.2) is 0 Å². The number of hydrogen-bond donors (Lipinski definition) is 0. The van der Waals surface area contributed by atoms with Gasteiger partial charge in [0.1, 0.15) is 0 Å². The van der Waals surface area contributed by atoms with E-state index in [0.29, 0.717) is 0 Å². The zero-order valence-electron chi connectivity index (χ0n) is 11.5. The summed E-state index contributed by atoms with van der Waals surface area (Å²) >= 11 is 0. The minimum absolute atomic E-state index is 0.937. The second-order valence-corrected chi connectivity index (χ2v) is 4.69. The number of aryl methyl sites for hydroxylation is 1. The predicted octanol–water partition coefficient (Wildman–Crippen LogP) is 4.37. The molecule has 3 aromatic rings. The van der Waals surface area contributed by atoms with Gasteiger partial charge >= 0.3 is 0 Å². The molecule has 20 heavy (non-hydrogen) atoms. The fourth-order valence-electron chi connectivity index (χ4n) is 2.23. The van der Waals surface area contributed by atoms with E-state index in [-0.39, 0.29) is 0 Å². The lowest BCUT2D eigenvalue weighted by atomic mass is 10.0. The van der Waals surface area contributed by atoms with Crippen LogP contribution in [0.15, 0.2) is 67.0 Å². The first kappa shape index (κ1) is 12.5. The van der Waals surface area contributed by atoms with Crippen molar-refractivity contribution in [2.24, 2.45) is 0 Å². The molecule has 0 fully saturated rings. The van der Waals surface area contributed by atoms with E-state index in [0.717, 1.165) is 23.4 Å². The molecule has 0 saturated heterocycles. The highest BCUT2D eigenvalue weighted by Crippen LogP contribution is 2.24. The molecule has 0 spiro atoms. The van der Waals surface area contributed by atoms with Crippen molar-refractivity contribution in [2.75, 3.05) is 0 Å². The zero-order chi connectivity index (χ0) is 13.8. The molecule has 0 amide bonds. The number of nitrogens with zero attached hydrogens (tertiary/aromatic N) is 2. The molecule has 2 heteroatoms. The normalized spacial score (nSPS) is 10.4. The Hall–Kier alpha value is -2.48.